The van der Waals surface area contributed by atoms with Gasteiger partial charge in [0.05, 0.1) is 0 Å². The van der Waals surface area contributed by atoms with Gasteiger partial charge in [-0.2, -0.15) is 0 Å². The van der Waals surface area contributed by atoms with Gasteiger partial charge in [0, 0.05) is 19.6 Å². The fourth-order valence-electron chi connectivity index (χ4n) is 2.18. The molecule has 85 valence electrons. The molecule has 0 saturated carbocycles. The van der Waals surface area contributed by atoms with Gasteiger partial charge in [-0.1, -0.05) is 59.9 Å². The summed E-state index contributed by atoms with van der Waals surface area (Å²) in [4.78, 5) is 5.27. The van der Waals surface area contributed by atoms with Gasteiger partial charge in [0.15, 0.2) is 0 Å². The SMILES string of the molecule is [c]1cc2ccccc2c2c1Sc1ccccc1S2. The average Bonchev–Trinajstić information content (AvgIpc) is 2.45. The molecule has 1 heterocycles. The molecule has 3 aromatic carbocycles. The van der Waals surface area contributed by atoms with Crippen molar-refractivity contribution in [2.24, 2.45) is 0 Å². The third-order valence-electron chi connectivity index (χ3n) is 3.04. The molecule has 4 rings (SSSR count). The molecule has 3 aromatic rings. The minimum atomic E-state index is 1.25. The summed E-state index contributed by atoms with van der Waals surface area (Å²) >= 11 is 3.68. The van der Waals surface area contributed by atoms with Crippen molar-refractivity contribution in [3.63, 3.8) is 0 Å². The second-order valence-corrected chi connectivity index (χ2v) is 6.29. The Labute approximate surface area is 114 Å². The highest BCUT2D eigenvalue weighted by molar-refractivity contribution is 8.05. The summed E-state index contributed by atoms with van der Waals surface area (Å²) in [5, 5.41) is 2.60. The van der Waals surface area contributed by atoms with Crippen molar-refractivity contribution in [3.05, 3.63) is 60.7 Å². The topological polar surface area (TPSA) is 0 Å². The molecular weight excluding hydrogens is 256 g/mol. The molecule has 0 bridgehead atoms. The van der Waals surface area contributed by atoms with Crippen LogP contribution in [0.1, 0.15) is 0 Å². The molecule has 0 amide bonds. The molecule has 1 aliphatic heterocycles. The molecule has 0 fully saturated rings. The van der Waals surface area contributed by atoms with Crippen LogP contribution >= 0.6 is 23.5 Å². The lowest BCUT2D eigenvalue weighted by molar-refractivity contribution is 1.17. The third-order valence-corrected chi connectivity index (χ3v) is 5.61. The predicted molar refractivity (Wildman–Crippen MR) is 77.5 cm³/mol. The highest BCUT2D eigenvalue weighted by Crippen LogP contribution is 2.50. The Bertz CT molecular complexity index is 747. The van der Waals surface area contributed by atoms with Crippen molar-refractivity contribution in [3.8, 4) is 0 Å². The lowest BCUT2D eigenvalue weighted by Crippen LogP contribution is -1.90. The van der Waals surface area contributed by atoms with Gasteiger partial charge in [-0.25, -0.2) is 0 Å². The van der Waals surface area contributed by atoms with Crippen LogP contribution < -0.4 is 0 Å². The zero-order valence-corrected chi connectivity index (χ0v) is 11.1. The summed E-state index contributed by atoms with van der Waals surface area (Å²) in [5.74, 6) is 0. The Kier molecular flexibility index (Phi) is 2.39. The Balaban J connectivity index is 1.98. The molecular formula is C16H9S2. The van der Waals surface area contributed by atoms with Crippen LogP contribution in [-0.2, 0) is 0 Å². The summed E-state index contributed by atoms with van der Waals surface area (Å²) in [6.07, 6.45) is 0. The summed E-state index contributed by atoms with van der Waals surface area (Å²) in [7, 11) is 0. The van der Waals surface area contributed by atoms with Gasteiger partial charge in [0.2, 0.25) is 0 Å². The van der Waals surface area contributed by atoms with E-state index in [1.165, 1.54) is 30.4 Å². The van der Waals surface area contributed by atoms with E-state index < -0.39 is 0 Å². The fraction of sp³-hybridized carbons (Fsp3) is 0. The molecule has 0 N–H and O–H groups in total. The average molecular weight is 265 g/mol. The first kappa shape index (κ1) is 10.5. The zero-order chi connectivity index (χ0) is 11.9. The maximum absolute atomic E-state index is 3.41. The van der Waals surface area contributed by atoms with E-state index in [2.05, 4.69) is 60.7 Å². The Morgan fingerprint density at radius 3 is 2.39 bits per heavy atom. The zero-order valence-electron chi connectivity index (χ0n) is 9.51. The number of benzene rings is 3. The number of hydrogen-bond donors (Lipinski definition) is 0. The van der Waals surface area contributed by atoms with Crippen LogP contribution in [0.3, 0.4) is 0 Å². The lowest BCUT2D eigenvalue weighted by Gasteiger charge is -2.19. The van der Waals surface area contributed by atoms with Crippen molar-refractivity contribution in [2.45, 2.75) is 19.6 Å². The molecule has 18 heavy (non-hydrogen) atoms. The maximum atomic E-state index is 3.41. The summed E-state index contributed by atoms with van der Waals surface area (Å²) in [6.45, 7) is 0. The second kappa shape index (κ2) is 4.08. The van der Waals surface area contributed by atoms with E-state index >= 15 is 0 Å². The summed E-state index contributed by atoms with van der Waals surface area (Å²) in [5.41, 5.74) is 0. The summed E-state index contributed by atoms with van der Waals surface area (Å²) < 4.78 is 0. The lowest BCUT2D eigenvalue weighted by atomic mass is 10.1. The Hall–Kier alpha value is -1.38. The van der Waals surface area contributed by atoms with E-state index in [0.717, 1.165) is 0 Å². The molecule has 0 spiro atoms. The molecule has 2 heteroatoms. The van der Waals surface area contributed by atoms with Gasteiger partial charge in [0.25, 0.3) is 0 Å². The molecule has 1 aliphatic rings. The van der Waals surface area contributed by atoms with E-state index in [1.54, 1.807) is 0 Å². The fourth-order valence-corrected chi connectivity index (χ4v) is 4.51. The monoisotopic (exact) mass is 265 g/mol. The minimum Gasteiger partial charge on any atom is -0.0870 e. The van der Waals surface area contributed by atoms with Gasteiger partial charge >= 0.3 is 0 Å². The van der Waals surface area contributed by atoms with Crippen LogP contribution in [0.25, 0.3) is 10.8 Å². The number of rotatable bonds is 0. The predicted octanol–water partition coefficient (Wildman–Crippen LogP) is 5.26. The van der Waals surface area contributed by atoms with Crippen molar-refractivity contribution < 1.29 is 0 Å². The largest absolute Gasteiger partial charge is 0.0870 e. The molecule has 0 aromatic heterocycles. The molecule has 0 atom stereocenters. The van der Waals surface area contributed by atoms with Crippen molar-refractivity contribution in [1.82, 2.24) is 0 Å². The van der Waals surface area contributed by atoms with Crippen LogP contribution in [0.4, 0.5) is 0 Å². The molecule has 0 saturated heterocycles. The van der Waals surface area contributed by atoms with Crippen LogP contribution in [0, 0.1) is 6.07 Å². The van der Waals surface area contributed by atoms with E-state index in [4.69, 9.17) is 0 Å². The smallest absolute Gasteiger partial charge is 0.0347 e. The van der Waals surface area contributed by atoms with Crippen molar-refractivity contribution in [2.75, 3.05) is 0 Å². The maximum Gasteiger partial charge on any atom is 0.0347 e. The highest BCUT2D eigenvalue weighted by atomic mass is 32.2. The van der Waals surface area contributed by atoms with Gasteiger partial charge in [-0.15, -0.1) is 0 Å². The van der Waals surface area contributed by atoms with Crippen LogP contribution in [0.15, 0.2) is 74.2 Å². The molecule has 0 aliphatic carbocycles. The van der Waals surface area contributed by atoms with E-state index in [0.29, 0.717) is 0 Å². The highest BCUT2D eigenvalue weighted by Gasteiger charge is 2.18. The first-order valence-electron chi connectivity index (χ1n) is 5.80. The first-order chi connectivity index (χ1) is 8.92. The van der Waals surface area contributed by atoms with Gasteiger partial charge in [-0.05, 0) is 35.0 Å². The van der Waals surface area contributed by atoms with Crippen LogP contribution in [0.5, 0.6) is 0 Å². The van der Waals surface area contributed by atoms with Crippen LogP contribution in [0.2, 0.25) is 0 Å². The van der Waals surface area contributed by atoms with Gasteiger partial charge in [0.1, 0.15) is 0 Å². The van der Waals surface area contributed by atoms with E-state index in [-0.39, 0.29) is 0 Å². The van der Waals surface area contributed by atoms with Crippen molar-refractivity contribution in [1.29, 1.82) is 0 Å². The quantitative estimate of drug-likeness (QED) is 0.425. The van der Waals surface area contributed by atoms with Gasteiger partial charge < -0.3 is 0 Å². The first-order valence-corrected chi connectivity index (χ1v) is 7.43. The standard InChI is InChI=1S/C16H9S2/c1-2-6-12-11(5-1)9-10-15-16(12)18-14-8-4-3-7-13(14)17-15/h1-9H. The molecule has 1 radical (unpaired) electrons. The third kappa shape index (κ3) is 1.57. The molecule has 0 nitrogen and oxygen atoms in total. The Morgan fingerprint density at radius 1 is 0.778 bits per heavy atom. The van der Waals surface area contributed by atoms with Crippen molar-refractivity contribution >= 4 is 34.3 Å². The normalized spacial score (nSPS) is 13.1. The minimum absolute atomic E-state index is 1.25. The van der Waals surface area contributed by atoms with Crippen LogP contribution in [-0.4, -0.2) is 0 Å². The number of fused-ring (bicyclic) bond motifs is 4. The number of hydrogen-bond acceptors (Lipinski definition) is 2. The second-order valence-electron chi connectivity index (χ2n) is 4.19. The van der Waals surface area contributed by atoms with E-state index in [9.17, 15) is 0 Å². The molecule has 0 unspecified atom stereocenters. The summed E-state index contributed by atoms with van der Waals surface area (Å²) in [6, 6.07) is 22.6. The van der Waals surface area contributed by atoms with E-state index in [1.807, 2.05) is 23.5 Å². The van der Waals surface area contributed by atoms with Gasteiger partial charge in [-0.3, -0.25) is 0 Å². The Morgan fingerprint density at radius 2 is 1.50 bits per heavy atom.